The van der Waals surface area contributed by atoms with Gasteiger partial charge in [-0.05, 0) is 25.8 Å². The van der Waals surface area contributed by atoms with Crippen LogP contribution in [-0.2, 0) is 9.84 Å². The number of hydrogen-bond donors (Lipinski definition) is 2. The van der Waals surface area contributed by atoms with Crippen molar-refractivity contribution in [2.45, 2.75) is 31.7 Å². The van der Waals surface area contributed by atoms with Crippen molar-refractivity contribution in [1.82, 2.24) is 5.32 Å². The van der Waals surface area contributed by atoms with Gasteiger partial charge in [0.2, 0.25) is 0 Å². The molecule has 0 aromatic rings. The average Bonchev–Trinajstić information content (AvgIpc) is 2.65. The van der Waals surface area contributed by atoms with Crippen LogP contribution in [0.3, 0.4) is 0 Å². The van der Waals surface area contributed by atoms with Crippen molar-refractivity contribution in [3.63, 3.8) is 0 Å². The van der Waals surface area contributed by atoms with Crippen molar-refractivity contribution in [3.05, 3.63) is 0 Å². The molecular formula is C9H19NO3S. The van der Waals surface area contributed by atoms with Crippen molar-refractivity contribution in [3.8, 4) is 0 Å². The maximum Gasteiger partial charge on any atom is 0.150 e. The molecule has 0 spiro atoms. The van der Waals surface area contributed by atoms with Crippen molar-refractivity contribution >= 4 is 9.84 Å². The van der Waals surface area contributed by atoms with Crippen LogP contribution < -0.4 is 5.32 Å². The average molecular weight is 221 g/mol. The highest BCUT2D eigenvalue weighted by Gasteiger charge is 2.33. The van der Waals surface area contributed by atoms with E-state index in [4.69, 9.17) is 0 Å². The van der Waals surface area contributed by atoms with Crippen molar-refractivity contribution in [2.24, 2.45) is 0 Å². The monoisotopic (exact) mass is 221 g/mol. The van der Waals surface area contributed by atoms with Gasteiger partial charge in [-0.1, -0.05) is 6.92 Å². The van der Waals surface area contributed by atoms with Crippen LogP contribution in [0.4, 0.5) is 0 Å². The van der Waals surface area contributed by atoms with Gasteiger partial charge in [0.05, 0.1) is 12.4 Å². The summed E-state index contributed by atoms with van der Waals surface area (Å²) in [5, 5.41) is 12.4. The van der Waals surface area contributed by atoms with E-state index in [1.165, 1.54) is 0 Å². The van der Waals surface area contributed by atoms with Gasteiger partial charge in [0.25, 0.3) is 0 Å². The topological polar surface area (TPSA) is 66.4 Å². The molecule has 1 atom stereocenters. The molecule has 0 aliphatic carbocycles. The Hall–Kier alpha value is -0.130. The largest absolute Gasteiger partial charge is 0.394 e. The zero-order valence-electron chi connectivity index (χ0n) is 8.62. The summed E-state index contributed by atoms with van der Waals surface area (Å²) in [6.07, 6.45) is 2.43. The van der Waals surface area contributed by atoms with E-state index in [0.717, 1.165) is 19.4 Å². The Morgan fingerprint density at radius 3 is 2.64 bits per heavy atom. The van der Waals surface area contributed by atoms with Gasteiger partial charge < -0.3 is 10.4 Å². The van der Waals surface area contributed by atoms with Gasteiger partial charge in [-0.15, -0.1) is 0 Å². The minimum atomic E-state index is -2.91. The fraction of sp³-hybridized carbons (Fsp3) is 1.00. The highest BCUT2D eigenvalue weighted by Crippen LogP contribution is 2.23. The number of hydrogen-bond acceptors (Lipinski definition) is 4. The molecule has 5 heteroatoms. The standard InChI is InChI=1S/C9H19NO3S/c1-2-14(12,13)7-5-9(8-11)4-3-6-10-9/h10-11H,2-8H2,1H3. The molecule has 1 aliphatic rings. The molecular weight excluding hydrogens is 202 g/mol. The van der Waals surface area contributed by atoms with E-state index in [2.05, 4.69) is 5.32 Å². The van der Waals surface area contributed by atoms with Gasteiger partial charge in [-0.2, -0.15) is 0 Å². The Balaban J connectivity index is 2.50. The first kappa shape index (κ1) is 11.9. The quantitative estimate of drug-likeness (QED) is 0.682. The number of rotatable bonds is 5. The second kappa shape index (κ2) is 4.59. The van der Waals surface area contributed by atoms with E-state index in [0.29, 0.717) is 6.42 Å². The first-order valence-electron chi connectivity index (χ1n) is 5.10. The molecule has 0 aromatic carbocycles. The van der Waals surface area contributed by atoms with Gasteiger partial charge in [-0.3, -0.25) is 0 Å². The summed E-state index contributed by atoms with van der Waals surface area (Å²) in [6.45, 7) is 2.57. The number of aliphatic hydroxyl groups is 1. The normalized spacial score (nSPS) is 28.1. The minimum absolute atomic E-state index is 0.0340. The summed E-state index contributed by atoms with van der Waals surface area (Å²) in [5.74, 6) is 0.367. The van der Waals surface area contributed by atoms with Crippen molar-refractivity contribution < 1.29 is 13.5 Å². The van der Waals surface area contributed by atoms with Crippen LogP contribution >= 0.6 is 0 Å². The Morgan fingerprint density at radius 2 is 2.21 bits per heavy atom. The minimum Gasteiger partial charge on any atom is -0.394 e. The maximum atomic E-state index is 11.3. The fourth-order valence-electron chi connectivity index (χ4n) is 1.79. The molecule has 2 N–H and O–H groups in total. The maximum absolute atomic E-state index is 11.3. The summed E-state index contributed by atoms with van der Waals surface area (Å²) in [6, 6.07) is 0. The molecule has 0 radical (unpaired) electrons. The van der Waals surface area contributed by atoms with Gasteiger partial charge in [0, 0.05) is 11.3 Å². The van der Waals surface area contributed by atoms with E-state index in [9.17, 15) is 13.5 Å². The lowest BCUT2D eigenvalue weighted by molar-refractivity contribution is 0.174. The molecule has 4 nitrogen and oxygen atoms in total. The molecule has 1 rings (SSSR count). The molecule has 0 aromatic heterocycles. The first-order valence-corrected chi connectivity index (χ1v) is 6.92. The van der Waals surface area contributed by atoms with Gasteiger partial charge in [0.1, 0.15) is 9.84 Å². The predicted octanol–water partition coefficient (Wildman–Crippen LogP) is -0.0743. The molecule has 1 fully saturated rings. The third kappa shape index (κ3) is 2.93. The zero-order valence-corrected chi connectivity index (χ0v) is 9.44. The third-order valence-corrected chi connectivity index (χ3v) is 4.67. The van der Waals surface area contributed by atoms with Gasteiger partial charge >= 0.3 is 0 Å². The number of sulfone groups is 1. The van der Waals surface area contributed by atoms with Crippen LogP contribution in [0.5, 0.6) is 0 Å². The molecule has 0 saturated carbocycles. The number of aliphatic hydroxyl groups excluding tert-OH is 1. The predicted molar refractivity (Wildman–Crippen MR) is 56.0 cm³/mol. The molecule has 1 unspecified atom stereocenters. The molecule has 14 heavy (non-hydrogen) atoms. The Morgan fingerprint density at radius 1 is 1.50 bits per heavy atom. The van der Waals surface area contributed by atoms with E-state index < -0.39 is 9.84 Å². The lowest BCUT2D eigenvalue weighted by atomic mass is 9.96. The highest BCUT2D eigenvalue weighted by molar-refractivity contribution is 7.91. The first-order chi connectivity index (χ1) is 6.54. The second-order valence-corrected chi connectivity index (χ2v) is 6.43. The fourth-order valence-corrected chi connectivity index (χ4v) is 2.78. The summed E-state index contributed by atoms with van der Waals surface area (Å²) in [4.78, 5) is 0. The summed E-state index contributed by atoms with van der Waals surface area (Å²) < 4.78 is 22.6. The van der Waals surface area contributed by atoms with E-state index in [1.54, 1.807) is 6.92 Å². The molecule has 0 bridgehead atoms. The molecule has 84 valence electrons. The van der Waals surface area contributed by atoms with Gasteiger partial charge in [0.15, 0.2) is 0 Å². The highest BCUT2D eigenvalue weighted by atomic mass is 32.2. The van der Waals surface area contributed by atoms with E-state index in [1.807, 2.05) is 0 Å². The van der Waals surface area contributed by atoms with Crippen LogP contribution in [0.25, 0.3) is 0 Å². The van der Waals surface area contributed by atoms with E-state index >= 15 is 0 Å². The summed E-state index contributed by atoms with van der Waals surface area (Å²) in [5.41, 5.74) is -0.331. The Labute approximate surface area is 85.6 Å². The van der Waals surface area contributed by atoms with Gasteiger partial charge in [-0.25, -0.2) is 8.42 Å². The Kier molecular flexibility index (Phi) is 3.92. The SMILES string of the molecule is CCS(=O)(=O)CCC1(CO)CCCN1. The van der Waals surface area contributed by atoms with Crippen LogP contribution in [-0.4, -0.2) is 43.7 Å². The summed E-state index contributed by atoms with van der Waals surface area (Å²) >= 11 is 0. The van der Waals surface area contributed by atoms with Crippen molar-refractivity contribution in [1.29, 1.82) is 0 Å². The smallest absolute Gasteiger partial charge is 0.150 e. The number of nitrogens with one attached hydrogen (secondary N) is 1. The lowest BCUT2D eigenvalue weighted by Gasteiger charge is -2.26. The molecule has 1 saturated heterocycles. The Bertz CT molecular complexity index is 268. The molecule has 0 amide bonds. The summed E-state index contributed by atoms with van der Waals surface area (Å²) in [7, 11) is -2.91. The van der Waals surface area contributed by atoms with E-state index in [-0.39, 0.29) is 23.7 Å². The third-order valence-electron chi connectivity index (χ3n) is 2.97. The van der Waals surface area contributed by atoms with Crippen LogP contribution in [0.15, 0.2) is 0 Å². The molecule has 1 heterocycles. The molecule has 1 aliphatic heterocycles. The van der Waals surface area contributed by atoms with Crippen LogP contribution in [0, 0.1) is 0 Å². The zero-order chi connectivity index (χ0) is 10.7. The van der Waals surface area contributed by atoms with Crippen LogP contribution in [0.1, 0.15) is 26.2 Å². The lowest BCUT2D eigenvalue weighted by Crippen LogP contribution is -2.44. The second-order valence-electron chi connectivity index (χ2n) is 3.96. The van der Waals surface area contributed by atoms with Crippen molar-refractivity contribution in [2.75, 3.05) is 24.7 Å². The van der Waals surface area contributed by atoms with Crippen LogP contribution in [0.2, 0.25) is 0 Å².